The summed E-state index contributed by atoms with van der Waals surface area (Å²) in [5, 5.41) is 18.5. The maximum absolute atomic E-state index is 14.3. The first kappa shape index (κ1) is 28.7. The molecule has 10 nitrogen and oxygen atoms in total. The zero-order valence-electron chi connectivity index (χ0n) is 26.1. The number of anilines is 2. The highest BCUT2D eigenvalue weighted by Crippen LogP contribution is 2.53. The van der Waals surface area contributed by atoms with Crippen LogP contribution in [0, 0.1) is 11.3 Å². The van der Waals surface area contributed by atoms with Crippen LogP contribution in [0.25, 0.3) is 11.5 Å². The number of nitrogens with one attached hydrogen (secondary N) is 1. The monoisotopic (exact) mass is 612 g/mol. The number of nitrogens with zero attached hydrogens (tertiary/aromatic N) is 6. The first-order valence-electron chi connectivity index (χ1n) is 16.5. The predicted octanol–water partition coefficient (Wildman–Crippen LogP) is 4.30. The van der Waals surface area contributed by atoms with Crippen molar-refractivity contribution in [1.29, 1.82) is 5.26 Å². The van der Waals surface area contributed by atoms with Crippen LogP contribution in [0.3, 0.4) is 0 Å². The molecule has 0 radical (unpaired) electrons. The number of rotatable bonds is 5. The maximum Gasteiger partial charge on any atom is 0.219 e. The van der Waals surface area contributed by atoms with Crippen LogP contribution < -0.4 is 20.7 Å². The van der Waals surface area contributed by atoms with Crippen LogP contribution in [-0.2, 0) is 18.3 Å². The second-order valence-electron chi connectivity index (χ2n) is 14.0. The topological polar surface area (TPSA) is 129 Å². The molecular formula is C34H41FN8O2. The molecule has 3 aromatic rings. The van der Waals surface area contributed by atoms with E-state index < -0.39 is 11.6 Å². The van der Waals surface area contributed by atoms with Crippen LogP contribution >= 0.6 is 0 Å². The van der Waals surface area contributed by atoms with Crippen LogP contribution in [0.5, 0.6) is 5.88 Å². The number of benzene rings is 1. The smallest absolute Gasteiger partial charge is 0.219 e. The van der Waals surface area contributed by atoms with Gasteiger partial charge in [0.05, 0.1) is 11.0 Å². The molecule has 45 heavy (non-hydrogen) atoms. The summed E-state index contributed by atoms with van der Waals surface area (Å²) in [5.74, 6) is 2.57. The molecule has 236 valence electrons. The van der Waals surface area contributed by atoms with Gasteiger partial charge in [-0.25, -0.2) is 9.37 Å². The molecule has 4 atom stereocenters. The Labute approximate surface area is 263 Å². The SMILES string of the molecule is C[C@H](Oc1cc(N2CCNC3(CC3)C2)nc(-c2noc3c2CCC[C@@]32CCCc3ccc(N)c(C#N)c32)n1)[C@@H]1C[C@@H](F)CN1C. The minimum Gasteiger partial charge on any atom is -0.473 e. The first-order chi connectivity index (χ1) is 21.8. The fourth-order valence-electron chi connectivity index (χ4n) is 8.66. The Morgan fingerprint density at radius 3 is 2.78 bits per heavy atom. The van der Waals surface area contributed by atoms with E-state index in [9.17, 15) is 9.65 Å². The molecule has 5 aliphatic rings. The summed E-state index contributed by atoms with van der Waals surface area (Å²) in [6.45, 7) is 5.00. The molecule has 3 aliphatic carbocycles. The van der Waals surface area contributed by atoms with Gasteiger partial charge in [-0.3, -0.25) is 4.90 Å². The fraction of sp³-hybridized carbons (Fsp3) is 0.588. The van der Waals surface area contributed by atoms with Gasteiger partial charge in [0.2, 0.25) is 5.88 Å². The van der Waals surface area contributed by atoms with E-state index in [-0.39, 0.29) is 17.7 Å². The summed E-state index contributed by atoms with van der Waals surface area (Å²) < 4.78 is 27.0. The van der Waals surface area contributed by atoms with Crippen molar-refractivity contribution in [1.82, 2.24) is 25.3 Å². The van der Waals surface area contributed by atoms with E-state index in [2.05, 4.69) is 27.5 Å². The van der Waals surface area contributed by atoms with Crippen LogP contribution in [0.1, 0.15) is 79.9 Å². The van der Waals surface area contributed by atoms with Crippen molar-refractivity contribution in [2.45, 2.75) is 94.0 Å². The van der Waals surface area contributed by atoms with Gasteiger partial charge in [-0.1, -0.05) is 11.2 Å². The lowest BCUT2D eigenvalue weighted by Gasteiger charge is -2.41. The van der Waals surface area contributed by atoms with Gasteiger partial charge >= 0.3 is 0 Å². The minimum atomic E-state index is -0.853. The number of piperazine rings is 1. The van der Waals surface area contributed by atoms with Gasteiger partial charge < -0.3 is 25.2 Å². The van der Waals surface area contributed by atoms with E-state index in [0.717, 1.165) is 93.7 Å². The van der Waals surface area contributed by atoms with Crippen LogP contribution in [0.2, 0.25) is 0 Å². The third-order valence-electron chi connectivity index (χ3n) is 11.1. The van der Waals surface area contributed by atoms with E-state index in [1.54, 1.807) is 0 Å². The Balaban J connectivity index is 1.21. The van der Waals surface area contributed by atoms with Crippen molar-refractivity contribution in [2.24, 2.45) is 0 Å². The van der Waals surface area contributed by atoms with Crippen molar-refractivity contribution >= 4 is 11.5 Å². The van der Waals surface area contributed by atoms with E-state index in [4.69, 9.17) is 25.0 Å². The number of fused-ring (bicyclic) bond motifs is 4. The van der Waals surface area contributed by atoms with Gasteiger partial charge in [-0.15, -0.1) is 0 Å². The number of hydrogen-bond donors (Lipinski definition) is 2. The number of likely N-dealkylation sites (tertiary alicyclic amines) is 1. The van der Waals surface area contributed by atoms with Crippen LogP contribution in [0.4, 0.5) is 15.9 Å². The molecule has 3 fully saturated rings. The van der Waals surface area contributed by atoms with Crippen molar-refractivity contribution in [3.8, 4) is 23.5 Å². The second kappa shape index (κ2) is 10.7. The van der Waals surface area contributed by atoms with Crippen molar-refractivity contribution < 1.29 is 13.7 Å². The van der Waals surface area contributed by atoms with Gasteiger partial charge in [-0.2, -0.15) is 10.2 Å². The number of aryl methyl sites for hydroxylation is 1. The third kappa shape index (κ3) is 4.76. The lowest BCUT2D eigenvalue weighted by molar-refractivity contribution is 0.117. The van der Waals surface area contributed by atoms with Gasteiger partial charge in [0.25, 0.3) is 0 Å². The molecule has 8 rings (SSSR count). The van der Waals surface area contributed by atoms with Crippen molar-refractivity contribution in [2.75, 3.05) is 43.9 Å². The van der Waals surface area contributed by atoms with E-state index in [1.807, 2.05) is 31.0 Å². The van der Waals surface area contributed by atoms with Crippen LogP contribution in [0.15, 0.2) is 22.7 Å². The number of ether oxygens (including phenoxy) is 1. The van der Waals surface area contributed by atoms with Crippen molar-refractivity contribution in [3.63, 3.8) is 0 Å². The quantitative estimate of drug-likeness (QED) is 0.403. The molecule has 11 heteroatoms. The average Bonchev–Trinajstić information content (AvgIpc) is 3.45. The molecule has 0 bridgehead atoms. The summed E-state index contributed by atoms with van der Waals surface area (Å²) in [6.07, 6.45) is 7.04. The third-order valence-corrected chi connectivity index (χ3v) is 11.1. The normalized spacial score (nSPS) is 27.6. The molecule has 3 N–H and O–H groups in total. The number of nitriles is 1. The van der Waals surface area contributed by atoms with Crippen LogP contribution in [-0.4, -0.2) is 77.1 Å². The molecule has 2 spiro atoms. The molecule has 2 aliphatic heterocycles. The number of likely N-dealkylation sites (N-methyl/N-ethyl adjacent to an activating group) is 1. The number of nitrogens with two attached hydrogens (primary N) is 1. The molecule has 1 aromatic carbocycles. The van der Waals surface area contributed by atoms with E-state index in [0.29, 0.717) is 41.6 Å². The van der Waals surface area contributed by atoms with Gasteiger partial charge in [0.1, 0.15) is 24.2 Å². The van der Waals surface area contributed by atoms with Gasteiger partial charge in [-0.05, 0) is 89.0 Å². The summed E-state index contributed by atoms with van der Waals surface area (Å²) in [7, 11) is 1.95. The fourth-order valence-corrected chi connectivity index (χ4v) is 8.66. The summed E-state index contributed by atoms with van der Waals surface area (Å²) in [6, 6.07) is 8.22. The highest BCUT2D eigenvalue weighted by Gasteiger charge is 2.48. The molecule has 0 unspecified atom stereocenters. The number of halogens is 1. The predicted molar refractivity (Wildman–Crippen MR) is 168 cm³/mol. The molecule has 2 saturated heterocycles. The largest absolute Gasteiger partial charge is 0.473 e. The Kier molecular flexibility index (Phi) is 6.80. The standard InChI is InChI=1S/C34H41FN8O2/c1-20(26-15-22(35)18-42(26)2)44-28-16-27(43-14-13-38-33(19-43)11-12-33)39-32(40-28)30-23-6-4-10-34(31(23)45-41-30)9-3-5-21-7-8-25(37)24(17-36)29(21)34/h7-8,16,20,22,26,38H,3-6,9-15,18-19,37H2,1-2H3/t20-,22+,26-,34+/m0/s1. The Hall–Kier alpha value is -3.75. The van der Waals surface area contributed by atoms with Crippen molar-refractivity contribution in [3.05, 3.63) is 46.2 Å². The second-order valence-corrected chi connectivity index (χ2v) is 14.0. The summed E-state index contributed by atoms with van der Waals surface area (Å²) >= 11 is 0. The Bertz CT molecular complexity index is 1680. The Morgan fingerprint density at radius 2 is 2.02 bits per heavy atom. The summed E-state index contributed by atoms with van der Waals surface area (Å²) in [4.78, 5) is 14.4. The van der Waals surface area contributed by atoms with E-state index >= 15 is 0 Å². The lowest BCUT2D eigenvalue weighted by Crippen LogP contribution is -2.52. The molecular weight excluding hydrogens is 571 g/mol. The van der Waals surface area contributed by atoms with E-state index in [1.165, 1.54) is 5.56 Å². The molecule has 4 heterocycles. The highest BCUT2D eigenvalue weighted by atomic mass is 19.1. The van der Waals surface area contributed by atoms with Gasteiger partial charge in [0, 0.05) is 55.1 Å². The zero-order valence-corrected chi connectivity index (χ0v) is 26.1. The zero-order chi connectivity index (χ0) is 30.9. The lowest BCUT2D eigenvalue weighted by atomic mass is 9.61. The number of aromatic nitrogens is 3. The number of nitrogen functional groups attached to an aromatic ring is 1. The highest BCUT2D eigenvalue weighted by molar-refractivity contribution is 5.67. The summed E-state index contributed by atoms with van der Waals surface area (Å²) in [5.41, 5.74) is 10.9. The maximum atomic E-state index is 14.3. The minimum absolute atomic E-state index is 0.0383. The first-order valence-corrected chi connectivity index (χ1v) is 16.5. The average molecular weight is 613 g/mol. The molecule has 1 saturated carbocycles. The Morgan fingerprint density at radius 1 is 1.20 bits per heavy atom. The molecule has 0 amide bonds. The van der Waals surface area contributed by atoms with Gasteiger partial charge in [0.15, 0.2) is 17.3 Å². The number of hydrogen-bond acceptors (Lipinski definition) is 10. The molecule has 2 aromatic heterocycles. The number of alkyl halides is 1.